The van der Waals surface area contributed by atoms with Crippen LogP contribution in [-0.4, -0.2) is 18.6 Å². The Labute approximate surface area is 133 Å². The molecule has 0 aliphatic carbocycles. The van der Waals surface area contributed by atoms with Crippen molar-refractivity contribution >= 4 is 39.1 Å². The zero-order valence-corrected chi connectivity index (χ0v) is 14.6. The smallest absolute Gasteiger partial charge is 0.231 e. The summed E-state index contributed by atoms with van der Waals surface area (Å²) in [6.07, 6.45) is 0. The van der Waals surface area contributed by atoms with Crippen LogP contribution in [0.2, 0.25) is 5.02 Å². The van der Waals surface area contributed by atoms with Gasteiger partial charge in [0.15, 0.2) is 5.75 Å². The molecule has 1 aromatic carbocycles. The maximum atomic E-state index is 12.5. The predicted molar refractivity (Wildman–Crippen MR) is 86.4 cm³/mol. The van der Waals surface area contributed by atoms with E-state index in [0.29, 0.717) is 20.9 Å². The number of rotatable bonds is 4. The van der Waals surface area contributed by atoms with E-state index >= 15 is 0 Å². The number of hydrogen-bond donors (Lipinski definition) is 2. The average molecular weight is 364 g/mol. The normalized spacial score (nSPS) is 12.2. The van der Waals surface area contributed by atoms with Gasteiger partial charge in [-0.05, 0) is 55.8 Å². The zero-order chi connectivity index (χ0) is 15.7. The summed E-state index contributed by atoms with van der Waals surface area (Å²) in [7, 11) is 1.53. The number of amides is 1. The summed E-state index contributed by atoms with van der Waals surface area (Å²) in [5.41, 5.74) is 5.16. The van der Waals surface area contributed by atoms with E-state index in [1.54, 1.807) is 26.0 Å². The van der Waals surface area contributed by atoms with Gasteiger partial charge in [-0.2, -0.15) is 0 Å². The Hall–Kier alpha value is -0.780. The Kier molecular flexibility index (Phi) is 5.11. The SMILES string of the molecule is COc1c(Br)cc(Cl)cc1NC(=O)C(C)(C)C(C)(C)N. The molecule has 0 spiro atoms. The molecule has 0 saturated heterocycles. The molecule has 1 aromatic rings. The van der Waals surface area contributed by atoms with Crippen molar-refractivity contribution in [2.45, 2.75) is 33.2 Å². The number of methoxy groups -OCH3 is 1. The fraction of sp³-hybridized carbons (Fsp3) is 0.500. The number of halogens is 2. The summed E-state index contributed by atoms with van der Waals surface area (Å²) in [5, 5.41) is 3.33. The zero-order valence-electron chi connectivity index (χ0n) is 12.3. The van der Waals surface area contributed by atoms with Crippen LogP contribution in [0, 0.1) is 5.41 Å². The van der Waals surface area contributed by atoms with Crippen molar-refractivity contribution in [3.8, 4) is 5.75 Å². The van der Waals surface area contributed by atoms with E-state index in [1.165, 1.54) is 7.11 Å². The number of carbonyl (C=O) groups excluding carboxylic acids is 1. The molecule has 0 saturated carbocycles. The van der Waals surface area contributed by atoms with Crippen molar-refractivity contribution in [1.82, 2.24) is 0 Å². The molecule has 0 bridgehead atoms. The third-order valence-corrected chi connectivity index (χ3v) is 4.45. The van der Waals surface area contributed by atoms with E-state index in [4.69, 9.17) is 22.1 Å². The fourth-order valence-electron chi connectivity index (χ4n) is 1.43. The Morgan fingerprint density at radius 2 is 1.90 bits per heavy atom. The molecule has 0 atom stereocenters. The van der Waals surface area contributed by atoms with Gasteiger partial charge in [-0.3, -0.25) is 4.79 Å². The van der Waals surface area contributed by atoms with Gasteiger partial charge in [0.25, 0.3) is 0 Å². The lowest BCUT2D eigenvalue weighted by atomic mass is 9.74. The summed E-state index contributed by atoms with van der Waals surface area (Å²) in [5.74, 6) is 0.325. The number of ether oxygens (including phenoxy) is 1. The molecular formula is C14H20BrClN2O2. The second-order valence-corrected chi connectivity index (χ2v) is 7.06. The van der Waals surface area contributed by atoms with Crippen LogP contribution in [0.5, 0.6) is 5.75 Å². The van der Waals surface area contributed by atoms with Gasteiger partial charge in [-0.1, -0.05) is 11.6 Å². The number of hydrogen-bond acceptors (Lipinski definition) is 3. The highest BCUT2D eigenvalue weighted by atomic mass is 79.9. The first-order valence-electron chi connectivity index (χ1n) is 6.14. The number of nitrogens with two attached hydrogens (primary N) is 1. The Morgan fingerprint density at radius 1 is 1.35 bits per heavy atom. The van der Waals surface area contributed by atoms with Gasteiger partial charge < -0.3 is 15.8 Å². The minimum Gasteiger partial charge on any atom is -0.493 e. The van der Waals surface area contributed by atoms with Crippen LogP contribution in [0.3, 0.4) is 0 Å². The highest BCUT2D eigenvalue weighted by molar-refractivity contribution is 9.10. The molecule has 0 fully saturated rings. The molecule has 0 aliphatic rings. The molecule has 0 aliphatic heterocycles. The van der Waals surface area contributed by atoms with Crippen molar-refractivity contribution in [3.05, 3.63) is 21.6 Å². The minimum absolute atomic E-state index is 0.197. The molecule has 0 heterocycles. The predicted octanol–water partition coefficient (Wildman–Crippen LogP) is 3.81. The number of benzene rings is 1. The summed E-state index contributed by atoms with van der Waals surface area (Å²) in [6, 6.07) is 3.34. The second kappa shape index (κ2) is 5.92. The quantitative estimate of drug-likeness (QED) is 0.855. The highest BCUT2D eigenvalue weighted by Crippen LogP contribution is 2.38. The lowest BCUT2D eigenvalue weighted by Crippen LogP contribution is -2.53. The second-order valence-electron chi connectivity index (χ2n) is 5.77. The third kappa shape index (κ3) is 3.45. The maximum absolute atomic E-state index is 12.5. The maximum Gasteiger partial charge on any atom is 0.231 e. The van der Waals surface area contributed by atoms with Gasteiger partial charge in [-0.25, -0.2) is 0 Å². The third-order valence-electron chi connectivity index (χ3n) is 3.64. The van der Waals surface area contributed by atoms with Crippen LogP contribution in [0.1, 0.15) is 27.7 Å². The first-order chi connectivity index (χ1) is 9.00. The van der Waals surface area contributed by atoms with Crippen molar-refractivity contribution in [1.29, 1.82) is 0 Å². The van der Waals surface area contributed by atoms with Gasteiger partial charge in [0.2, 0.25) is 5.91 Å². The first-order valence-corrected chi connectivity index (χ1v) is 7.31. The average Bonchev–Trinajstić information content (AvgIpc) is 2.26. The van der Waals surface area contributed by atoms with Crippen LogP contribution in [-0.2, 0) is 4.79 Å². The van der Waals surface area contributed by atoms with Crippen molar-refractivity contribution in [2.75, 3.05) is 12.4 Å². The Balaban J connectivity index is 3.14. The van der Waals surface area contributed by atoms with E-state index in [1.807, 2.05) is 13.8 Å². The Morgan fingerprint density at radius 3 is 2.35 bits per heavy atom. The van der Waals surface area contributed by atoms with E-state index in [2.05, 4.69) is 21.2 Å². The monoisotopic (exact) mass is 362 g/mol. The van der Waals surface area contributed by atoms with Crippen molar-refractivity contribution in [2.24, 2.45) is 11.1 Å². The van der Waals surface area contributed by atoms with Crippen LogP contribution < -0.4 is 15.8 Å². The summed E-state index contributed by atoms with van der Waals surface area (Å²) in [4.78, 5) is 12.5. The molecule has 4 nitrogen and oxygen atoms in total. The van der Waals surface area contributed by atoms with Gasteiger partial charge >= 0.3 is 0 Å². The molecule has 112 valence electrons. The minimum atomic E-state index is -0.757. The molecule has 0 unspecified atom stereocenters. The largest absolute Gasteiger partial charge is 0.493 e. The van der Waals surface area contributed by atoms with Crippen LogP contribution >= 0.6 is 27.5 Å². The fourth-order valence-corrected chi connectivity index (χ4v) is 2.40. The topological polar surface area (TPSA) is 64.3 Å². The van der Waals surface area contributed by atoms with Gasteiger partial charge in [-0.15, -0.1) is 0 Å². The number of carbonyl (C=O) groups is 1. The number of anilines is 1. The first kappa shape index (κ1) is 17.3. The van der Waals surface area contributed by atoms with E-state index in [9.17, 15) is 4.79 Å². The molecule has 0 aromatic heterocycles. The molecular weight excluding hydrogens is 344 g/mol. The molecule has 1 rings (SSSR count). The van der Waals surface area contributed by atoms with E-state index < -0.39 is 11.0 Å². The van der Waals surface area contributed by atoms with Crippen LogP contribution in [0.4, 0.5) is 5.69 Å². The van der Waals surface area contributed by atoms with E-state index in [-0.39, 0.29) is 5.91 Å². The summed E-state index contributed by atoms with van der Waals surface area (Å²) < 4.78 is 5.95. The van der Waals surface area contributed by atoms with E-state index in [0.717, 1.165) is 0 Å². The molecule has 20 heavy (non-hydrogen) atoms. The molecule has 3 N–H and O–H groups in total. The number of nitrogens with one attached hydrogen (secondary N) is 1. The molecule has 0 radical (unpaired) electrons. The standard InChI is InChI=1S/C14H20BrClN2O2/c1-13(2,14(3,4)17)12(19)18-10-7-8(16)6-9(15)11(10)20-5/h6-7H,17H2,1-5H3,(H,18,19). The van der Waals surface area contributed by atoms with Crippen molar-refractivity contribution in [3.63, 3.8) is 0 Å². The van der Waals surface area contributed by atoms with Crippen LogP contribution in [0.15, 0.2) is 16.6 Å². The molecule has 6 heteroatoms. The lowest BCUT2D eigenvalue weighted by molar-refractivity contribution is -0.126. The summed E-state index contributed by atoms with van der Waals surface area (Å²) >= 11 is 9.36. The lowest BCUT2D eigenvalue weighted by Gasteiger charge is -2.37. The summed E-state index contributed by atoms with van der Waals surface area (Å²) in [6.45, 7) is 7.23. The van der Waals surface area contributed by atoms with Gasteiger partial charge in [0.1, 0.15) is 0 Å². The highest BCUT2D eigenvalue weighted by Gasteiger charge is 2.40. The van der Waals surface area contributed by atoms with Crippen molar-refractivity contribution < 1.29 is 9.53 Å². The van der Waals surface area contributed by atoms with Gasteiger partial charge in [0, 0.05) is 10.6 Å². The van der Waals surface area contributed by atoms with Crippen LogP contribution in [0.25, 0.3) is 0 Å². The Bertz CT molecular complexity index is 525. The molecule has 1 amide bonds. The van der Waals surface area contributed by atoms with Gasteiger partial charge in [0.05, 0.1) is 22.7 Å².